The van der Waals surface area contributed by atoms with Crippen molar-refractivity contribution in [2.45, 2.75) is 5.16 Å². The van der Waals surface area contributed by atoms with Crippen LogP contribution in [0.15, 0.2) is 17.4 Å². The van der Waals surface area contributed by atoms with Gasteiger partial charge in [0.25, 0.3) is 0 Å². The van der Waals surface area contributed by atoms with Gasteiger partial charge in [0.2, 0.25) is 0 Å². The van der Waals surface area contributed by atoms with Crippen LogP contribution >= 0.6 is 24.0 Å². The molecule has 10 heavy (non-hydrogen) atoms. The molecule has 0 spiro atoms. The average Bonchev–Trinajstić information content (AvgIpc) is 1.95. The fraction of sp³-hybridized carbons (Fsp3) is 0.333. The Labute approximate surface area is 69.3 Å². The Bertz CT molecular complexity index is 279. The molecule has 0 aliphatic carbocycles. The van der Waals surface area contributed by atoms with Gasteiger partial charge in [-0.25, -0.2) is 4.98 Å². The van der Waals surface area contributed by atoms with Crippen molar-refractivity contribution in [1.82, 2.24) is 9.55 Å². The summed E-state index contributed by atoms with van der Waals surface area (Å²) in [5.74, 6) is 0. The molecule has 0 saturated heterocycles. The smallest absolute Gasteiger partial charge is 0.168 e. The van der Waals surface area contributed by atoms with Gasteiger partial charge in [0.1, 0.15) is 4.64 Å². The number of thioether (sulfide) groups is 1. The summed E-state index contributed by atoms with van der Waals surface area (Å²) in [7, 11) is 1.92. The lowest BCUT2D eigenvalue weighted by Gasteiger charge is -2.02. The van der Waals surface area contributed by atoms with Crippen LogP contribution < -0.4 is 0 Å². The summed E-state index contributed by atoms with van der Waals surface area (Å²) in [4.78, 5) is 4.12. The van der Waals surface area contributed by atoms with Crippen molar-refractivity contribution in [1.29, 1.82) is 0 Å². The second kappa shape index (κ2) is 3.16. The monoisotopic (exact) mass is 172 g/mol. The van der Waals surface area contributed by atoms with Crippen LogP contribution in [0, 0.1) is 4.64 Å². The summed E-state index contributed by atoms with van der Waals surface area (Å²) in [6.45, 7) is 0. The van der Waals surface area contributed by atoms with Gasteiger partial charge in [0.05, 0.1) is 0 Å². The number of aromatic nitrogens is 2. The third-order valence-corrected chi connectivity index (χ3v) is 2.36. The van der Waals surface area contributed by atoms with Crippen LogP contribution in [0.2, 0.25) is 0 Å². The third kappa shape index (κ3) is 1.38. The minimum Gasteiger partial charge on any atom is -0.315 e. The zero-order valence-corrected chi connectivity index (χ0v) is 7.50. The van der Waals surface area contributed by atoms with Crippen LogP contribution in [0.25, 0.3) is 0 Å². The summed E-state index contributed by atoms with van der Waals surface area (Å²) >= 11 is 6.61. The van der Waals surface area contributed by atoms with Crippen LogP contribution in [-0.2, 0) is 7.05 Å². The van der Waals surface area contributed by atoms with E-state index in [1.807, 2.05) is 23.9 Å². The van der Waals surface area contributed by atoms with Crippen molar-refractivity contribution in [3.8, 4) is 0 Å². The van der Waals surface area contributed by atoms with Gasteiger partial charge < -0.3 is 4.57 Å². The first-order chi connectivity index (χ1) is 4.75. The van der Waals surface area contributed by atoms with Gasteiger partial charge in [0, 0.05) is 13.2 Å². The van der Waals surface area contributed by atoms with E-state index in [0.29, 0.717) is 0 Å². The molecule has 0 N–H and O–H groups in total. The van der Waals surface area contributed by atoms with Crippen molar-refractivity contribution < 1.29 is 0 Å². The maximum absolute atomic E-state index is 5.02. The first-order valence-corrected chi connectivity index (χ1v) is 4.45. The van der Waals surface area contributed by atoms with Crippen molar-refractivity contribution in [3.63, 3.8) is 0 Å². The van der Waals surface area contributed by atoms with Gasteiger partial charge in [-0.1, -0.05) is 24.0 Å². The van der Waals surface area contributed by atoms with Gasteiger partial charge in [-0.05, 0) is 12.3 Å². The Balaban J connectivity index is 3.28. The van der Waals surface area contributed by atoms with Gasteiger partial charge in [0.15, 0.2) is 5.16 Å². The number of nitrogens with zero attached hydrogens (tertiary/aromatic N) is 2. The molecule has 2 nitrogen and oxygen atoms in total. The molecule has 0 atom stereocenters. The van der Waals surface area contributed by atoms with Crippen molar-refractivity contribution in [2.75, 3.05) is 6.26 Å². The summed E-state index contributed by atoms with van der Waals surface area (Å²) < 4.78 is 2.71. The van der Waals surface area contributed by atoms with Crippen LogP contribution in [0.3, 0.4) is 0 Å². The molecular weight excluding hydrogens is 164 g/mol. The Hall–Kier alpha value is -0.350. The van der Waals surface area contributed by atoms with Crippen LogP contribution in [0.1, 0.15) is 0 Å². The first-order valence-electron chi connectivity index (χ1n) is 2.81. The molecule has 0 aliphatic rings. The molecular formula is C6H8N2S2. The highest BCUT2D eigenvalue weighted by molar-refractivity contribution is 7.98. The lowest BCUT2D eigenvalue weighted by molar-refractivity contribution is 0.728. The molecule has 1 aromatic rings. The van der Waals surface area contributed by atoms with Crippen molar-refractivity contribution in [3.05, 3.63) is 16.9 Å². The van der Waals surface area contributed by atoms with E-state index in [0.717, 1.165) is 9.80 Å². The minimum absolute atomic E-state index is 0.819. The molecule has 1 rings (SSSR count). The molecule has 0 bridgehead atoms. The van der Waals surface area contributed by atoms with Crippen LogP contribution in [0.4, 0.5) is 0 Å². The minimum atomic E-state index is 0.819. The molecule has 54 valence electrons. The molecule has 0 amide bonds. The molecule has 0 fully saturated rings. The summed E-state index contributed by atoms with van der Waals surface area (Å²) in [5, 5.41) is 0.951. The van der Waals surface area contributed by atoms with E-state index >= 15 is 0 Å². The Morgan fingerprint density at radius 2 is 2.40 bits per heavy atom. The highest BCUT2D eigenvalue weighted by atomic mass is 32.2. The highest BCUT2D eigenvalue weighted by Crippen LogP contribution is 2.08. The molecule has 4 heteroatoms. The normalized spacial score (nSPS) is 9.80. The van der Waals surface area contributed by atoms with E-state index < -0.39 is 0 Å². The van der Waals surface area contributed by atoms with Crippen molar-refractivity contribution in [2.24, 2.45) is 7.05 Å². The largest absolute Gasteiger partial charge is 0.315 e. The van der Waals surface area contributed by atoms with Crippen molar-refractivity contribution >= 4 is 24.0 Å². The second-order valence-corrected chi connectivity index (χ2v) is 3.02. The summed E-state index contributed by atoms with van der Waals surface area (Å²) in [5.41, 5.74) is 0. The molecule has 1 heterocycles. The van der Waals surface area contributed by atoms with E-state index in [4.69, 9.17) is 12.2 Å². The SMILES string of the molecule is CSc1nccc(=S)n1C. The molecule has 0 radical (unpaired) electrons. The van der Waals surface area contributed by atoms with Gasteiger partial charge in [-0.2, -0.15) is 0 Å². The lowest BCUT2D eigenvalue weighted by atomic mass is 10.7. The number of hydrogen-bond acceptors (Lipinski definition) is 3. The lowest BCUT2D eigenvalue weighted by Crippen LogP contribution is -1.97. The predicted molar refractivity (Wildman–Crippen MR) is 45.8 cm³/mol. The fourth-order valence-corrected chi connectivity index (χ4v) is 1.39. The summed E-state index contributed by atoms with van der Waals surface area (Å²) in [6, 6.07) is 1.81. The van der Waals surface area contributed by atoms with E-state index in [-0.39, 0.29) is 0 Å². The van der Waals surface area contributed by atoms with E-state index in [1.165, 1.54) is 0 Å². The quantitative estimate of drug-likeness (QED) is 0.366. The molecule has 0 aromatic carbocycles. The second-order valence-electron chi connectivity index (χ2n) is 1.83. The average molecular weight is 172 g/mol. The fourth-order valence-electron chi connectivity index (χ4n) is 0.647. The Kier molecular flexibility index (Phi) is 2.45. The maximum atomic E-state index is 5.02. The van der Waals surface area contributed by atoms with Crippen LogP contribution in [-0.4, -0.2) is 15.8 Å². The van der Waals surface area contributed by atoms with Crippen LogP contribution in [0.5, 0.6) is 0 Å². The first kappa shape index (κ1) is 7.75. The van der Waals surface area contributed by atoms with Gasteiger partial charge in [-0.15, -0.1) is 0 Å². The predicted octanol–water partition coefficient (Wildman–Crippen LogP) is 1.87. The standard InChI is InChI=1S/C6H8N2S2/c1-8-5(9)3-4-7-6(8)10-2/h3-4H,1-2H3. The third-order valence-electron chi connectivity index (χ3n) is 1.20. The summed E-state index contributed by atoms with van der Waals surface area (Å²) in [6.07, 6.45) is 3.71. The molecule has 0 unspecified atom stereocenters. The molecule has 0 aliphatic heterocycles. The highest BCUT2D eigenvalue weighted by Gasteiger charge is 1.93. The Morgan fingerprint density at radius 1 is 1.70 bits per heavy atom. The number of rotatable bonds is 1. The molecule has 1 aromatic heterocycles. The van der Waals surface area contributed by atoms with E-state index in [2.05, 4.69) is 4.98 Å². The number of hydrogen-bond donors (Lipinski definition) is 0. The van der Waals surface area contributed by atoms with E-state index in [1.54, 1.807) is 18.0 Å². The van der Waals surface area contributed by atoms with E-state index in [9.17, 15) is 0 Å². The Morgan fingerprint density at radius 3 is 2.90 bits per heavy atom. The van der Waals surface area contributed by atoms with Gasteiger partial charge >= 0.3 is 0 Å². The molecule has 0 saturated carbocycles. The maximum Gasteiger partial charge on any atom is 0.168 e. The zero-order valence-electron chi connectivity index (χ0n) is 5.87. The van der Waals surface area contributed by atoms with Gasteiger partial charge in [-0.3, -0.25) is 0 Å². The topological polar surface area (TPSA) is 17.8 Å². The zero-order chi connectivity index (χ0) is 7.56.